The average Bonchev–Trinajstić information content (AvgIpc) is 2.53. The van der Waals surface area contributed by atoms with Gasteiger partial charge in [0.1, 0.15) is 12.3 Å². The van der Waals surface area contributed by atoms with E-state index in [1.807, 2.05) is 4.98 Å². The lowest BCUT2D eigenvalue weighted by molar-refractivity contribution is -0.150. The van der Waals surface area contributed by atoms with Crippen LogP contribution in [0.25, 0.3) is 0 Å². The summed E-state index contributed by atoms with van der Waals surface area (Å²) < 4.78 is 19.1. The zero-order valence-electron chi connectivity index (χ0n) is 8.54. The second-order valence-electron chi connectivity index (χ2n) is 3.67. The van der Waals surface area contributed by atoms with Crippen LogP contribution in [0.1, 0.15) is 12.6 Å². The Hall–Kier alpha value is -1.58. The number of H-pyrrole nitrogens is 1. The van der Waals surface area contributed by atoms with Crippen molar-refractivity contribution in [1.29, 1.82) is 0 Å². The van der Waals surface area contributed by atoms with Crippen molar-refractivity contribution >= 4 is 0 Å². The number of aromatic amines is 1. The molecule has 1 aromatic rings. The number of aliphatic hydroxyl groups is 2. The average molecular weight is 247 g/mol. The van der Waals surface area contributed by atoms with Crippen molar-refractivity contribution in [3.8, 4) is 0 Å². The molecule has 1 fully saturated rings. The predicted molar refractivity (Wildman–Crippen MR) is 50.8 cm³/mol. The third-order valence-electron chi connectivity index (χ3n) is 2.45. The minimum absolute atomic E-state index is 0.558. The molecule has 94 valence electrons. The number of aliphatic hydroxyl groups excluding tert-OH is 1. The van der Waals surface area contributed by atoms with E-state index >= 15 is 0 Å². The summed E-state index contributed by atoms with van der Waals surface area (Å²) in [6.07, 6.45) is -2.36. The molecular formula is C8H10FN3O5. The van der Waals surface area contributed by atoms with Crippen LogP contribution in [0, 0.1) is 0 Å². The second kappa shape index (κ2) is 4.02. The van der Waals surface area contributed by atoms with Crippen molar-refractivity contribution in [2.24, 2.45) is 0 Å². The van der Waals surface area contributed by atoms with Gasteiger partial charge in [-0.1, -0.05) is 0 Å². The van der Waals surface area contributed by atoms with E-state index in [1.165, 1.54) is 0 Å². The van der Waals surface area contributed by atoms with Gasteiger partial charge in [-0.2, -0.15) is 9.78 Å². The van der Waals surface area contributed by atoms with Gasteiger partial charge < -0.3 is 14.9 Å². The van der Waals surface area contributed by atoms with Crippen molar-refractivity contribution in [3.63, 3.8) is 0 Å². The van der Waals surface area contributed by atoms with Crippen molar-refractivity contribution in [2.45, 2.75) is 24.6 Å². The summed E-state index contributed by atoms with van der Waals surface area (Å²) in [4.78, 5) is 24.0. The quantitative estimate of drug-likeness (QED) is 0.549. The van der Waals surface area contributed by atoms with Gasteiger partial charge in [0.05, 0.1) is 13.0 Å². The molecular weight excluding hydrogens is 237 g/mol. The molecule has 1 saturated heterocycles. The largest absolute Gasteiger partial charge is 0.393 e. The van der Waals surface area contributed by atoms with Crippen LogP contribution in [0.15, 0.2) is 15.8 Å². The predicted octanol–water partition coefficient (Wildman–Crippen LogP) is -2.13. The van der Waals surface area contributed by atoms with Crippen LogP contribution in [-0.2, 0) is 4.74 Å². The number of hydrogen-bond donors (Lipinski definition) is 3. The normalized spacial score (nSPS) is 32.9. The maximum Gasteiger partial charge on any atom is 0.347 e. The lowest BCUT2D eigenvalue weighted by Gasteiger charge is -2.16. The van der Waals surface area contributed by atoms with E-state index in [0.717, 1.165) is 6.20 Å². The zero-order valence-corrected chi connectivity index (χ0v) is 8.54. The smallest absolute Gasteiger partial charge is 0.347 e. The molecule has 0 radical (unpaired) electrons. The fraction of sp³-hybridized carbons (Fsp3) is 0.625. The highest BCUT2D eigenvalue weighted by atomic mass is 19.2. The van der Waals surface area contributed by atoms with E-state index in [4.69, 9.17) is 9.84 Å². The SMILES string of the molecule is O=c1cnn([C@H]2C[C@@](O)(F)[C@@H](CO)O2)c(=O)[nH]1. The van der Waals surface area contributed by atoms with Crippen molar-refractivity contribution in [3.05, 3.63) is 27.0 Å². The number of nitrogens with one attached hydrogen (secondary N) is 1. The maximum absolute atomic E-state index is 13.5. The number of hydrogen-bond acceptors (Lipinski definition) is 6. The van der Waals surface area contributed by atoms with Gasteiger partial charge in [-0.15, -0.1) is 0 Å². The molecule has 0 saturated carbocycles. The highest BCUT2D eigenvalue weighted by Gasteiger charge is 2.49. The first-order valence-electron chi connectivity index (χ1n) is 4.80. The van der Waals surface area contributed by atoms with E-state index in [9.17, 15) is 19.1 Å². The fourth-order valence-electron chi connectivity index (χ4n) is 1.61. The van der Waals surface area contributed by atoms with Crippen molar-refractivity contribution < 1.29 is 19.3 Å². The standard InChI is InChI=1S/C8H10FN3O5/c9-8(16)1-6(17-4(8)3-13)12-7(15)11-5(14)2-10-12/h2,4,6,13,16H,1,3H2,(H,11,14,15)/t4-,6-,8+/m1/s1. The van der Waals surface area contributed by atoms with Gasteiger partial charge in [-0.3, -0.25) is 9.78 Å². The summed E-state index contributed by atoms with van der Waals surface area (Å²) in [5.41, 5.74) is -1.57. The number of halogens is 1. The van der Waals surface area contributed by atoms with Crippen LogP contribution in [0.4, 0.5) is 4.39 Å². The molecule has 0 aliphatic carbocycles. The molecule has 0 unspecified atom stereocenters. The number of aromatic nitrogens is 3. The molecule has 0 amide bonds. The molecule has 0 bridgehead atoms. The molecule has 17 heavy (non-hydrogen) atoms. The van der Waals surface area contributed by atoms with Crippen LogP contribution in [0.2, 0.25) is 0 Å². The molecule has 8 nitrogen and oxygen atoms in total. The number of alkyl halides is 1. The molecule has 3 atom stereocenters. The topological polar surface area (TPSA) is 117 Å². The first-order valence-corrected chi connectivity index (χ1v) is 4.80. The zero-order chi connectivity index (χ0) is 12.6. The Morgan fingerprint density at radius 2 is 2.41 bits per heavy atom. The Balaban J connectivity index is 2.32. The number of ether oxygens (including phenoxy) is 1. The molecule has 1 aromatic heterocycles. The summed E-state index contributed by atoms with van der Waals surface area (Å²) in [5, 5.41) is 21.5. The van der Waals surface area contributed by atoms with Crippen LogP contribution in [-0.4, -0.2) is 43.5 Å². The van der Waals surface area contributed by atoms with Gasteiger partial charge in [-0.05, 0) is 0 Å². The van der Waals surface area contributed by atoms with Gasteiger partial charge in [0.15, 0.2) is 6.23 Å². The van der Waals surface area contributed by atoms with E-state index in [0.29, 0.717) is 4.68 Å². The lowest BCUT2D eigenvalue weighted by atomic mass is 10.1. The van der Waals surface area contributed by atoms with Gasteiger partial charge in [0.2, 0.25) is 5.85 Å². The third-order valence-corrected chi connectivity index (χ3v) is 2.45. The lowest BCUT2D eigenvalue weighted by Crippen LogP contribution is -2.35. The van der Waals surface area contributed by atoms with Gasteiger partial charge in [0, 0.05) is 0 Å². The van der Waals surface area contributed by atoms with E-state index in [1.54, 1.807) is 0 Å². The summed E-state index contributed by atoms with van der Waals surface area (Å²) in [6.45, 7) is -0.735. The first kappa shape index (κ1) is 11.9. The van der Waals surface area contributed by atoms with E-state index in [2.05, 4.69) is 5.10 Å². The Kier molecular flexibility index (Phi) is 2.81. The van der Waals surface area contributed by atoms with E-state index in [-0.39, 0.29) is 0 Å². The minimum atomic E-state index is -2.74. The number of nitrogens with zero attached hydrogens (tertiary/aromatic N) is 2. The van der Waals surface area contributed by atoms with Gasteiger partial charge in [0.25, 0.3) is 5.56 Å². The minimum Gasteiger partial charge on any atom is -0.393 e. The molecule has 0 spiro atoms. The van der Waals surface area contributed by atoms with Gasteiger partial charge in [-0.25, -0.2) is 9.18 Å². The van der Waals surface area contributed by atoms with Crippen molar-refractivity contribution in [1.82, 2.24) is 14.8 Å². The molecule has 3 N–H and O–H groups in total. The molecule has 2 rings (SSSR count). The molecule has 0 aromatic carbocycles. The van der Waals surface area contributed by atoms with Crippen LogP contribution in [0.3, 0.4) is 0 Å². The Morgan fingerprint density at radius 3 is 2.94 bits per heavy atom. The molecule has 1 aliphatic heterocycles. The van der Waals surface area contributed by atoms with Crippen LogP contribution < -0.4 is 11.2 Å². The first-order chi connectivity index (χ1) is 7.94. The Bertz CT molecular complexity index is 524. The fourth-order valence-corrected chi connectivity index (χ4v) is 1.61. The summed E-state index contributed by atoms with van der Waals surface area (Å²) in [6, 6.07) is 0. The van der Waals surface area contributed by atoms with Crippen LogP contribution in [0.5, 0.6) is 0 Å². The summed E-state index contributed by atoms with van der Waals surface area (Å²) >= 11 is 0. The van der Waals surface area contributed by atoms with Crippen LogP contribution >= 0.6 is 0 Å². The summed E-state index contributed by atoms with van der Waals surface area (Å²) in [5.74, 6) is -2.74. The maximum atomic E-state index is 13.5. The number of rotatable bonds is 2. The molecule has 9 heteroatoms. The highest BCUT2D eigenvalue weighted by Crippen LogP contribution is 2.36. The summed E-state index contributed by atoms with van der Waals surface area (Å²) in [7, 11) is 0. The monoisotopic (exact) mass is 247 g/mol. The molecule has 1 aliphatic rings. The molecule has 2 heterocycles. The van der Waals surface area contributed by atoms with E-state index < -0.39 is 42.5 Å². The Morgan fingerprint density at radius 1 is 1.71 bits per heavy atom. The van der Waals surface area contributed by atoms with Gasteiger partial charge >= 0.3 is 5.69 Å². The van der Waals surface area contributed by atoms with Crippen molar-refractivity contribution in [2.75, 3.05) is 6.61 Å². The third kappa shape index (κ3) is 2.12. The highest BCUT2D eigenvalue weighted by molar-refractivity contribution is 4.87. The second-order valence-corrected chi connectivity index (χ2v) is 3.67. The Labute approximate surface area is 93.3 Å².